The Bertz CT molecular complexity index is 1490. The molecule has 0 aliphatic carbocycles. The van der Waals surface area contributed by atoms with Crippen LogP contribution in [0.3, 0.4) is 0 Å². The van der Waals surface area contributed by atoms with Crippen LogP contribution in [-0.2, 0) is 21.2 Å². The first-order valence-electron chi connectivity index (χ1n) is 12.0. The number of aryl methyl sites for hydroxylation is 1. The fraction of sp³-hybridized carbons (Fsp3) is 0.259. The molecule has 0 bridgehead atoms. The number of hydrogen-bond acceptors (Lipinski definition) is 8. The van der Waals surface area contributed by atoms with Crippen molar-refractivity contribution in [3.05, 3.63) is 82.4 Å². The molecular weight excluding hydrogens is 526 g/mol. The Labute approximate surface area is 226 Å². The highest BCUT2D eigenvalue weighted by atomic mass is 32.2. The highest BCUT2D eigenvalue weighted by molar-refractivity contribution is 7.89. The fourth-order valence-corrected chi connectivity index (χ4v) is 6.13. The first kappa shape index (κ1) is 27.9. The Kier molecular flexibility index (Phi) is 8.38. The number of benzene rings is 3. The topological polar surface area (TPSA) is 152 Å². The van der Waals surface area contributed by atoms with Crippen molar-refractivity contribution in [1.82, 2.24) is 15.5 Å². The van der Waals surface area contributed by atoms with Gasteiger partial charge in [0.05, 0.1) is 12.0 Å². The Morgan fingerprint density at radius 2 is 1.77 bits per heavy atom. The lowest BCUT2D eigenvalue weighted by atomic mass is 9.97. The van der Waals surface area contributed by atoms with Gasteiger partial charge in [-0.3, -0.25) is 14.8 Å². The summed E-state index contributed by atoms with van der Waals surface area (Å²) in [5.74, 6) is 0.193. The molecule has 3 aromatic rings. The first-order chi connectivity index (χ1) is 18.6. The third-order valence-corrected chi connectivity index (χ3v) is 8.09. The van der Waals surface area contributed by atoms with Gasteiger partial charge in [-0.15, -0.1) is 0 Å². The van der Waals surface area contributed by atoms with E-state index in [2.05, 4.69) is 10.0 Å². The van der Waals surface area contributed by atoms with E-state index in [-0.39, 0.29) is 11.7 Å². The number of rotatable bonds is 10. The lowest BCUT2D eigenvalue weighted by Gasteiger charge is -2.22. The molecule has 206 valence electrons. The van der Waals surface area contributed by atoms with E-state index in [1.807, 2.05) is 12.1 Å². The summed E-state index contributed by atoms with van der Waals surface area (Å²) in [5, 5.41) is 11.7. The molecule has 0 aromatic heterocycles. The molecule has 1 atom stereocenters. The van der Waals surface area contributed by atoms with E-state index in [0.717, 1.165) is 5.56 Å². The Morgan fingerprint density at radius 3 is 2.46 bits per heavy atom. The number of carbonyl (C=O) groups is 2. The predicted molar refractivity (Wildman–Crippen MR) is 141 cm³/mol. The molecule has 4 N–H and O–H groups in total. The molecule has 12 heteroatoms. The van der Waals surface area contributed by atoms with Crippen LogP contribution in [0, 0.1) is 13.8 Å². The van der Waals surface area contributed by atoms with Gasteiger partial charge in [0, 0.05) is 24.1 Å². The Hall–Kier alpha value is -4.13. The van der Waals surface area contributed by atoms with E-state index in [1.165, 1.54) is 12.6 Å². The van der Waals surface area contributed by atoms with Gasteiger partial charge in [0.25, 0.3) is 11.8 Å². The van der Waals surface area contributed by atoms with Gasteiger partial charge < -0.3 is 19.5 Å². The Morgan fingerprint density at radius 1 is 1.05 bits per heavy atom. The van der Waals surface area contributed by atoms with Crippen molar-refractivity contribution in [2.75, 3.05) is 20.4 Å². The van der Waals surface area contributed by atoms with Crippen molar-refractivity contribution >= 4 is 21.8 Å². The minimum atomic E-state index is -4.31. The largest absolute Gasteiger partial charge is 0.496 e. The molecule has 0 spiro atoms. The quantitative estimate of drug-likeness (QED) is 0.220. The van der Waals surface area contributed by atoms with Crippen molar-refractivity contribution in [1.29, 1.82) is 0 Å². The zero-order valence-corrected chi connectivity index (χ0v) is 22.4. The minimum absolute atomic E-state index is 0.0378. The second-order valence-electron chi connectivity index (χ2n) is 8.92. The summed E-state index contributed by atoms with van der Waals surface area (Å²) < 4.78 is 45.9. The van der Waals surface area contributed by atoms with Crippen LogP contribution >= 0.6 is 0 Å². The van der Waals surface area contributed by atoms with E-state index >= 15 is 0 Å². The second kappa shape index (κ2) is 11.7. The van der Waals surface area contributed by atoms with Crippen LogP contribution in [0.25, 0.3) is 0 Å². The van der Waals surface area contributed by atoms with Crippen molar-refractivity contribution < 1.29 is 37.4 Å². The summed E-state index contributed by atoms with van der Waals surface area (Å²) >= 11 is 0. The number of hydroxylamine groups is 1. The third kappa shape index (κ3) is 6.14. The maximum absolute atomic E-state index is 13.6. The van der Waals surface area contributed by atoms with Gasteiger partial charge >= 0.3 is 0 Å². The molecule has 1 heterocycles. The van der Waals surface area contributed by atoms with Crippen LogP contribution in [0.5, 0.6) is 17.2 Å². The molecular formula is C27H29N3O8S. The summed E-state index contributed by atoms with van der Waals surface area (Å²) in [5.41, 5.74) is 4.08. The predicted octanol–water partition coefficient (Wildman–Crippen LogP) is 2.21. The summed E-state index contributed by atoms with van der Waals surface area (Å²) in [6, 6.07) is 13.8. The fourth-order valence-electron chi connectivity index (χ4n) is 4.44. The molecule has 1 aliphatic rings. The normalized spacial score (nSPS) is 13.0. The molecule has 0 unspecified atom stereocenters. The zero-order chi connectivity index (χ0) is 28.2. The van der Waals surface area contributed by atoms with Crippen LogP contribution in [0.2, 0.25) is 0 Å². The number of fused-ring (bicyclic) bond motifs is 1. The van der Waals surface area contributed by atoms with Crippen LogP contribution in [0.4, 0.5) is 0 Å². The van der Waals surface area contributed by atoms with Crippen molar-refractivity contribution in [2.24, 2.45) is 0 Å². The minimum Gasteiger partial charge on any atom is -0.496 e. The Balaban J connectivity index is 1.62. The van der Waals surface area contributed by atoms with Crippen LogP contribution in [-0.4, -0.2) is 51.9 Å². The van der Waals surface area contributed by atoms with Gasteiger partial charge in [0.15, 0.2) is 11.5 Å². The second-order valence-corrected chi connectivity index (χ2v) is 10.6. The molecule has 4 rings (SSSR count). The number of amides is 2. The number of carbonyl (C=O) groups excluding carboxylic acids is 2. The summed E-state index contributed by atoms with van der Waals surface area (Å²) in [4.78, 5) is 24.8. The average molecular weight is 556 g/mol. The summed E-state index contributed by atoms with van der Waals surface area (Å²) in [6.45, 7) is 3.00. The van der Waals surface area contributed by atoms with Crippen LogP contribution in [0.15, 0.2) is 59.5 Å². The van der Waals surface area contributed by atoms with Crippen LogP contribution in [0.1, 0.15) is 32.6 Å². The summed E-state index contributed by atoms with van der Waals surface area (Å²) in [7, 11) is -2.81. The monoisotopic (exact) mass is 555 g/mol. The number of sulfonamides is 1. The first-order valence-corrected chi connectivity index (χ1v) is 13.5. The standard InChI is InChI=1S/C27H29N3O8S/c1-16-11-23(36-3)20(12-18-9-10-22-24(13-18)38-15-37-22)17(2)25(16)39(34,35)30-21(27(32)29-33)14-28-26(31)19-7-5-4-6-8-19/h4-11,13,21,30,33H,12,14-15H2,1-3H3,(H,28,31)(H,29,32)/t21-/m1/s1. The lowest BCUT2D eigenvalue weighted by Crippen LogP contribution is -2.52. The maximum Gasteiger partial charge on any atom is 0.263 e. The van der Waals surface area contributed by atoms with Crippen LogP contribution < -0.4 is 29.7 Å². The molecule has 0 fully saturated rings. The van der Waals surface area contributed by atoms with Gasteiger partial charge in [-0.1, -0.05) is 24.3 Å². The smallest absolute Gasteiger partial charge is 0.263 e. The van der Waals surface area contributed by atoms with E-state index in [9.17, 15) is 23.2 Å². The highest BCUT2D eigenvalue weighted by Gasteiger charge is 2.30. The van der Waals surface area contributed by atoms with Gasteiger partial charge in [-0.2, -0.15) is 4.72 Å². The number of nitrogens with one attached hydrogen (secondary N) is 3. The lowest BCUT2D eigenvalue weighted by molar-refractivity contribution is -0.130. The van der Waals surface area contributed by atoms with Gasteiger partial charge in [0.1, 0.15) is 11.8 Å². The van der Waals surface area contributed by atoms with Gasteiger partial charge in [0.2, 0.25) is 16.8 Å². The molecule has 3 aromatic carbocycles. The molecule has 39 heavy (non-hydrogen) atoms. The average Bonchev–Trinajstić information content (AvgIpc) is 3.40. The van der Waals surface area contributed by atoms with E-state index in [0.29, 0.717) is 45.9 Å². The van der Waals surface area contributed by atoms with Crippen molar-refractivity contribution in [3.63, 3.8) is 0 Å². The molecule has 0 saturated heterocycles. The zero-order valence-electron chi connectivity index (χ0n) is 21.6. The summed E-state index contributed by atoms with van der Waals surface area (Å²) in [6.07, 6.45) is 0.335. The SMILES string of the molecule is COc1cc(C)c(S(=O)(=O)N[C@H](CNC(=O)c2ccccc2)C(=O)NO)c(C)c1Cc1ccc2c(c1)OCO2. The molecule has 11 nitrogen and oxygen atoms in total. The molecule has 0 saturated carbocycles. The van der Waals surface area contributed by atoms with E-state index in [4.69, 9.17) is 14.2 Å². The van der Waals surface area contributed by atoms with E-state index < -0.39 is 34.4 Å². The molecule has 2 amide bonds. The maximum atomic E-state index is 13.6. The van der Waals surface area contributed by atoms with Crippen molar-refractivity contribution in [2.45, 2.75) is 31.2 Å². The van der Waals surface area contributed by atoms with Gasteiger partial charge in [-0.25, -0.2) is 13.9 Å². The number of ether oxygens (including phenoxy) is 3. The van der Waals surface area contributed by atoms with Crippen molar-refractivity contribution in [3.8, 4) is 17.2 Å². The third-order valence-electron chi connectivity index (χ3n) is 6.33. The number of hydrogen-bond donors (Lipinski definition) is 4. The number of methoxy groups -OCH3 is 1. The van der Waals surface area contributed by atoms with E-state index in [1.54, 1.807) is 56.3 Å². The highest BCUT2D eigenvalue weighted by Crippen LogP contribution is 2.36. The molecule has 0 radical (unpaired) electrons. The van der Waals surface area contributed by atoms with Gasteiger partial charge in [-0.05, 0) is 60.9 Å². The molecule has 1 aliphatic heterocycles.